The third-order valence-electron chi connectivity index (χ3n) is 3.71. The molecule has 2 unspecified atom stereocenters. The Morgan fingerprint density at radius 1 is 1.61 bits per heavy atom. The number of hydrogen-bond acceptors (Lipinski definition) is 4. The number of aryl methyl sites for hydroxylation is 1. The molecule has 4 heteroatoms. The molecule has 1 aliphatic heterocycles. The Balaban J connectivity index is 2.05. The van der Waals surface area contributed by atoms with Gasteiger partial charge >= 0.3 is 0 Å². The molecule has 18 heavy (non-hydrogen) atoms. The third-order valence-corrected chi connectivity index (χ3v) is 3.71. The number of nitrogens with zero attached hydrogens (tertiary/aromatic N) is 2. The molecule has 0 aromatic carbocycles. The van der Waals surface area contributed by atoms with E-state index < -0.39 is 0 Å². The van der Waals surface area contributed by atoms with E-state index in [4.69, 9.17) is 10.5 Å². The summed E-state index contributed by atoms with van der Waals surface area (Å²) in [5.41, 5.74) is 8.41. The van der Waals surface area contributed by atoms with Crippen molar-refractivity contribution in [2.45, 2.75) is 31.9 Å². The van der Waals surface area contributed by atoms with Gasteiger partial charge in [0.05, 0.1) is 6.10 Å². The second-order valence-electron chi connectivity index (χ2n) is 5.06. The van der Waals surface area contributed by atoms with Crippen LogP contribution in [0, 0.1) is 6.92 Å². The average molecular weight is 249 g/mol. The van der Waals surface area contributed by atoms with Crippen LogP contribution < -0.4 is 5.73 Å². The first-order chi connectivity index (χ1) is 8.72. The van der Waals surface area contributed by atoms with Gasteiger partial charge in [-0.2, -0.15) is 0 Å². The molecule has 4 nitrogen and oxygen atoms in total. The first-order valence-corrected chi connectivity index (χ1v) is 6.64. The zero-order chi connectivity index (χ0) is 13.0. The minimum Gasteiger partial charge on any atom is -0.377 e. The van der Waals surface area contributed by atoms with Crippen molar-refractivity contribution in [3.8, 4) is 0 Å². The first-order valence-electron chi connectivity index (χ1n) is 6.64. The van der Waals surface area contributed by atoms with E-state index in [9.17, 15) is 0 Å². The van der Waals surface area contributed by atoms with Gasteiger partial charge in [0, 0.05) is 38.1 Å². The van der Waals surface area contributed by atoms with Crippen LogP contribution in [0.3, 0.4) is 0 Å². The SMILES string of the molecule is Cc1ccncc1C(CN)N(C)CC1CCCO1. The predicted molar refractivity (Wildman–Crippen MR) is 72.4 cm³/mol. The lowest BCUT2D eigenvalue weighted by molar-refractivity contribution is 0.0688. The molecule has 2 N–H and O–H groups in total. The fourth-order valence-electron chi connectivity index (χ4n) is 2.61. The minimum atomic E-state index is 0.225. The van der Waals surface area contributed by atoms with E-state index in [2.05, 4.69) is 23.9 Å². The van der Waals surface area contributed by atoms with Crippen molar-refractivity contribution in [3.05, 3.63) is 29.6 Å². The van der Waals surface area contributed by atoms with Gasteiger partial charge in [0.2, 0.25) is 0 Å². The van der Waals surface area contributed by atoms with Crippen LogP contribution in [0.1, 0.15) is 30.0 Å². The summed E-state index contributed by atoms with van der Waals surface area (Å²) in [5.74, 6) is 0. The maximum Gasteiger partial charge on any atom is 0.0702 e. The molecule has 2 atom stereocenters. The van der Waals surface area contributed by atoms with Crippen molar-refractivity contribution < 1.29 is 4.74 Å². The molecule has 0 radical (unpaired) electrons. The van der Waals surface area contributed by atoms with Crippen LogP contribution in [0.25, 0.3) is 0 Å². The number of likely N-dealkylation sites (N-methyl/N-ethyl adjacent to an activating group) is 1. The van der Waals surface area contributed by atoms with E-state index in [1.165, 1.54) is 17.5 Å². The van der Waals surface area contributed by atoms with Crippen LogP contribution in [0.4, 0.5) is 0 Å². The van der Waals surface area contributed by atoms with Gasteiger partial charge in [-0.1, -0.05) is 0 Å². The Hall–Kier alpha value is -0.970. The number of aromatic nitrogens is 1. The molecule has 1 aromatic heterocycles. The summed E-state index contributed by atoms with van der Waals surface area (Å²) in [4.78, 5) is 6.51. The lowest BCUT2D eigenvalue weighted by atomic mass is 10.0. The fourth-order valence-corrected chi connectivity index (χ4v) is 2.61. The van der Waals surface area contributed by atoms with Crippen molar-refractivity contribution in [2.24, 2.45) is 5.73 Å². The van der Waals surface area contributed by atoms with Gasteiger partial charge in [0.1, 0.15) is 0 Å². The van der Waals surface area contributed by atoms with Crippen LogP contribution in [0.15, 0.2) is 18.5 Å². The number of nitrogens with two attached hydrogens (primary N) is 1. The smallest absolute Gasteiger partial charge is 0.0702 e. The molecule has 100 valence electrons. The highest BCUT2D eigenvalue weighted by Gasteiger charge is 2.23. The third kappa shape index (κ3) is 3.07. The van der Waals surface area contributed by atoms with Gasteiger partial charge in [-0.25, -0.2) is 0 Å². The lowest BCUT2D eigenvalue weighted by Gasteiger charge is -2.30. The van der Waals surface area contributed by atoms with Gasteiger partial charge in [0.15, 0.2) is 0 Å². The Bertz CT molecular complexity index is 377. The molecular formula is C14H23N3O. The molecule has 1 fully saturated rings. The highest BCUT2D eigenvalue weighted by Crippen LogP contribution is 2.23. The number of ether oxygens (including phenoxy) is 1. The molecular weight excluding hydrogens is 226 g/mol. The molecule has 0 bridgehead atoms. The summed E-state index contributed by atoms with van der Waals surface area (Å²) >= 11 is 0. The van der Waals surface area contributed by atoms with E-state index >= 15 is 0 Å². The zero-order valence-electron chi connectivity index (χ0n) is 11.3. The monoisotopic (exact) mass is 249 g/mol. The van der Waals surface area contributed by atoms with Crippen molar-refractivity contribution in [1.29, 1.82) is 0 Å². The van der Waals surface area contributed by atoms with Gasteiger partial charge in [-0.3, -0.25) is 9.88 Å². The second-order valence-corrected chi connectivity index (χ2v) is 5.06. The van der Waals surface area contributed by atoms with Crippen LogP contribution in [-0.4, -0.2) is 42.7 Å². The summed E-state index contributed by atoms with van der Waals surface area (Å²) < 4.78 is 5.69. The Morgan fingerprint density at radius 2 is 2.44 bits per heavy atom. The zero-order valence-corrected chi connectivity index (χ0v) is 11.3. The lowest BCUT2D eigenvalue weighted by Crippen LogP contribution is -2.36. The molecule has 1 aliphatic rings. The standard InChI is InChI=1S/C14H23N3O/c1-11-5-6-16-9-13(11)14(8-15)17(2)10-12-4-3-7-18-12/h5-6,9,12,14H,3-4,7-8,10,15H2,1-2H3. The highest BCUT2D eigenvalue weighted by molar-refractivity contribution is 5.25. The normalized spacial score (nSPS) is 21.4. The summed E-state index contributed by atoms with van der Waals surface area (Å²) in [7, 11) is 2.12. The second kappa shape index (κ2) is 6.27. The maximum absolute atomic E-state index is 5.94. The van der Waals surface area contributed by atoms with Crippen molar-refractivity contribution in [2.75, 3.05) is 26.7 Å². The molecule has 0 aliphatic carbocycles. The summed E-state index contributed by atoms with van der Waals surface area (Å²) in [6, 6.07) is 2.26. The largest absolute Gasteiger partial charge is 0.377 e. The van der Waals surface area contributed by atoms with E-state index in [0.717, 1.165) is 19.6 Å². The Kier molecular flexibility index (Phi) is 4.69. The number of rotatable bonds is 5. The minimum absolute atomic E-state index is 0.225. The quantitative estimate of drug-likeness (QED) is 0.859. The molecule has 0 spiro atoms. The van der Waals surface area contributed by atoms with Crippen molar-refractivity contribution >= 4 is 0 Å². The van der Waals surface area contributed by atoms with E-state index in [0.29, 0.717) is 12.6 Å². The molecule has 1 aromatic rings. The van der Waals surface area contributed by atoms with Crippen LogP contribution in [0.5, 0.6) is 0 Å². The topological polar surface area (TPSA) is 51.4 Å². The first kappa shape index (κ1) is 13.5. The summed E-state index contributed by atoms with van der Waals surface area (Å²) in [6.45, 7) is 4.56. The van der Waals surface area contributed by atoms with E-state index in [1.807, 2.05) is 18.5 Å². The van der Waals surface area contributed by atoms with E-state index in [-0.39, 0.29) is 6.04 Å². The summed E-state index contributed by atoms with van der Waals surface area (Å²) in [6.07, 6.45) is 6.46. The summed E-state index contributed by atoms with van der Waals surface area (Å²) in [5, 5.41) is 0. The van der Waals surface area contributed by atoms with Gasteiger partial charge in [-0.15, -0.1) is 0 Å². The fraction of sp³-hybridized carbons (Fsp3) is 0.643. The number of hydrogen-bond donors (Lipinski definition) is 1. The van der Waals surface area contributed by atoms with Gasteiger partial charge in [0.25, 0.3) is 0 Å². The van der Waals surface area contributed by atoms with Crippen molar-refractivity contribution in [3.63, 3.8) is 0 Å². The Morgan fingerprint density at radius 3 is 3.06 bits per heavy atom. The van der Waals surface area contributed by atoms with Crippen LogP contribution >= 0.6 is 0 Å². The molecule has 0 amide bonds. The molecule has 2 heterocycles. The van der Waals surface area contributed by atoms with Gasteiger partial charge in [-0.05, 0) is 44.0 Å². The number of pyridine rings is 1. The maximum atomic E-state index is 5.94. The van der Waals surface area contributed by atoms with Gasteiger partial charge < -0.3 is 10.5 Å². The molecule has 2 rings (SSSR count). The predicted octanol–water partition coefficient (Wildman–Crippen LogP) is 1.50. The van der Waals surface area contributed by atoms with Crippen LogP contribution in [0.2, 0.25) is 0 Å². The van der Waals surface area contributed by atoms with E-state index in [1.54, 1.807) is 0 Å². The molecule has 0 saturated carbocycles. The van der Waals surface area contributed by atoms with Crippen LogP contribution in [-0.2, 0) is 4.74 Å². The highest BCUT2D eigenvalue weighted by atomic mass is 16.5. The average Bonchev–Trinajstić information content (AvgIpc) is 2.85. The van der Waals surface area contributed by atoms with Crippen molar-refractivity contribution in [1.82, 2.24) is 9.88 Å². The molecule has 1 saturated heterocycles. The Labute approximate surface area is 109 Å².